The van der Waals surface area contributed by atoms with Gasteiger partial charge >= 0.3 is 6.18 Å². The Labute approximate surface area is 170 Å². The van der Waals surface area contributed by atoms with E-state index in [0.717, 1.165) is 4.90 Å². The first-order valence-electron chi connectivity index (χ1n) is 7.74. The maximum Gasteiger partial charge on any atom is 0.418 e. The summed E-state index contributed by atoms with van der Waals surface area (Å²) in [6.07, 6.45) is -4.74. The summed E-state index contributed by atoms with van der Waals surface area (Å²) in [5, 5.41) is 22.6. The van der Waals surface area contributed by atoms with Crippen molar-refractivity contribution in [2.75, 3.05) is 11.4 Å². The van der Waals surface area contributed by atoms with Gasteiger partial charge in [0, 0.05) is 17.1 Å². The van der Waals surface area contributed by atoms with Gasteiger partial charge in [-0.1, -0.05) is 34.5 Å². The van der Waals surface area contributed by atoms with E-state index in [1.54, 1.807) is 6.92 Å². The van der Waals surface area contributed by atoms with Crippen LogP contribution in [0, 0.1) is 20.2 Å². The molecule has 7 nitrogen and oxygen atoms in total. The fraction of sp³-hybridized carbons (Fsp3) is 0.250. The fourth-order valence-corrected chi connectivity index (χ4v) is 3.40. The highest BCUT2D eigenvalue weighted by Gasteiger charge is 2.41. The molecule has 0 aliphatic carbocycles. The molecule has 2 aromatic carbocycles. The molecule has 0 bridgehead atoms. The molecule has 2 rings (SSSR count). The van der Waals surface area contributed by atoms with Gasteiger partial charge in [0.1, 0.15) is 5.69 Å². The summed E-state index contributed by atoms with van der Waals surface area (Å²) >= 11 is 9.34. The van der Waals surface area contributed by atoms with Gasteiger partial charge in [-0.2, -0.15) is 13.2 Å². The van der Waals surface area contributed by atoms with Crippen LogP contribution in [0.1, 0.15) is 18.9 Å². The Bertz CT molecular complexity index is 940. The van der Waals surface area contributed by atoms with E-state index in [1.165, 1.54) is 18.2 Å². The first-order chi connectivity index (χ1) is 13.0. The number of hydrogen-bond donors (Lipinski definition) is 0. The summed E-state index contributed by atoms with van der Waals surface area (Å²) in [6.45, 7) is 1.63. The molecule has 0 atom stereocenters. The molecule has 0 N–H and O–H groups in total. The van der Waals surface area contributed by atoms with Crippen LogP contribution in [0.5, 0.6) is 0 Å². The molecule has 0 aliphatic rings. The molecular formula is C16H12BrClF3N3O4. The molecule has 0 fully saturated rings. The lowest BCUT2D eigenvalue weighted by atomic mass is 10.1. The Morgan fingerprint density at radius 2 is 1.79 bits per heavy atom. The summed E-state index contributed by atoms with van der Waals surface area (Å²) in [7, 11) is 0. The van der Waals surface area contributed by atoms with Gasteiger partial charge in [0.15, 0.2) is 0 Å². The highest BCUT2D eigenvalue weighted by molar-refractivity contribution is 9.10. The van der Waals surface area contributed by atoms with Crippen molar-refractivity contribution >= 4 is 50.3 Å². The van der Waals surface area contributed by atoms with Gasteiger partial charge in [-0.25, -0.2) is 0 Å². The topological polar surface area (TPSA) is 89.5 Å². The van der Waals surface area contributed by atoms with E-state index in [9.17, 15) is 33.4 Å². The molecule has 0 amide bonds. The molecule has 0 aromatic heterocycles. The Hall–Kier alpha value is -2.40. The predicted molar refractivity (Wildman–Crippen MR) is 101 cm³/mol. The number of anilines is 2. The maximum absolute atomic E-state index is 13.7. The van der Waals surface area contributed by atoms with Gasteiger partial charge in [-0.15, -0.1) is 0 Å². The number of alkyl halides is 3. The third-order valence-corrected chi connectivity index (χ3v) is 4.50. The van der Waals surface area contributed by atoms with Crippen LogP contribution in [-0.4, -0.2) is 16.4 Å². The first-order valence-corrected chi connectivity index (χ1v) is 8.91. The zero-order chi connectivity index (χ0) is 21.2. The Balaban J connectivity index is 2.91. The summed E-state index contributed by atoms with van der Waals surface area (Å²) < 4.78 is 41.7. The van der Waals surface area contributed by atoms with Gasteiger partial charge in [-0.05, 0) is 24.6 Å². The maximum atomic E-state index is 13.7. The smallest absolute Gasteiger partial charge is 0.334 e. The molecule has 0 radical (unpaired) electrons. The van der Waals surface area contributed by atoms with E-state index in [0.29, 0.717) is 17.0 Å². The summed E-state index contributed by atoms with van der Waals surface area (Å²) in [6, 6.07) is 5.17. The Morgan fingerprint density at radius 1 is 1.14 bits per heavy atom. The third kappa shape index (κ3) is 4.53. The summed E-state index contributed by atoms with van der Waals surface area (Å²) in [5.74, 6) is 0. The highest BCUT2D eigenvalue weighted by Crippen LogP contribution is 2.47. The van der Waals surface area contributed by atoms with E-state index in [2.05, 4.69) is 15.9 Å². The quantitative estimate of drug-likeness (QED) is 0.347. The standard InChI is InChI=1S/C16H12BrClF3N3O4/c1-2-5-22(13-4-3-9(17)6-12(13)18)15-11(16(19,20)21)7-10(23(25)26)8-14(15)24(27)28/h3-4,6-8H,2,5H2,1H3. The Kier molecular flexibility index (Phi) is 6.50. The number of halogens is 5. The Morgan fingerprint density at radius 3 is 2.25 bits per heavy atom. The van der Waals surface area contributed by atoms with Gasteiger partial charge in [-0.3, -0.25) is 20.2 Å². The molecule has 0 saturated heterocycles. The van der Waals surface area contributed by atoms with Crippen molar-refractivity contribution < 1.29 is 23.0 Å². The van der Waals surface area contributed by atoms with E-state index in [-0.39, 0.29) is 23.3 Å². The molecule has 0 spiro atoms. The zero-order valence-electron chi connectivity index (χ0n) is 14.2. The van der Waals surface area contributed by atoms with Crippen LogP contribution in [0.25, 0.3) is 0 Å². The molecule has 0 saturated carbocycles. The van der Waals surface area contributed by atoms with Crippen molar-refractivity contribution in [3.8, 4) is 0 Å². The highest BCUT2D eigenvalue weighted by atomic mass is 79.9. The average molecular weight is 483 g/mol. The van der Waals surface area contributed by atoms with Crippen LogP contribution in [0.4, 0.5) is 35.9 Å². The van der Waals surface area contributed by atoms with Crippen LogP contribution in [0.2, 0.25) is 5.02 Å². The van der Waals surface area contributed by atoms with Crippen molar-refractivity contribution in [1.29, 1.82) is 0 Å². The minimum Gasteiger partial charge on any atom is -0.334 e. The predicted octanol–water partition coefficient (Wildman–Crippen LogP) is 6.49. The number of benzene rings is 2. The second-order valence-electron chi connectivity index (χ2n) is 5.62. The van der Waals surface area contributed by atoms with E-state index in [4.69, 9.17) is 11.6 Å². The number of nitro benzene ring substituents is 2. The van der Waals surface area contributed by atoms with Crippen LogP contribution in [0.3, 0.4) is 0 Å². The number of rotatable bonds is 6. The number of nitro groups is 2. The number of hydrogen-bond acceptors (Lipinski definition) is 5. The zero-order valence-corrected chi connectivity index (χ0v) is 16.5. The molecule has 0 unspecified atom stereocenters. The SMILES string of the molecule is CCCN(c1ccc(Br)cc1Cl)c1c([N+](=O)[O-])cc([N+](=O)[O-])cc1C(F)(F)F. The van der Waals surface area contributed by atoms with Crippen molar-refractivity contribution in [1.82, 2.24) is 0 Å². The number of non-ortho nitro benzene ring substituents is 1. The van der Waals surface area contributed by atoms with Crippen molar-refractivity contribution in [2.45, 2.75) is 19.5 Å². The fourth-order valence-electron chi connectivity index (χ4n) is 2.63. The van der Waals surface area contributed by atoms with Crippen molar-refractivity contribution in [3.63, 3.8) is 0 Å². The normalized spacial score (nSPS) is 11.4. The molecule has 2 aromatic rings. The minimum atomic E-state index is -5.07. The molecule has 12 heteroatoms. The molecular weight excluding hydrogens is 471 g/mol. The van der Waals surface area contributed by atoms with Gasteiger partial charge in [0.2, 0.25) is 0 Å². The van der Waals surface area contributed by atoms with Crippen molar-refractivity contribution in [3.05, 3.63) is 65.6 Å². The van der Waals surface area contributed by atoms with E-state index >= 15 is 0 Å². The van der Waals surface area contributed by atoms with Gasteiger partial charge in [0.25, 0.3) is 11.4 Å². The average Bonchev–Trinajstić information content (AvgIpc) is 2.58. The van der Waals surface area contributed by atoms with E-state index < -0.39 is 38.6 Å². The second-order valence-corrected chi connectivity index (χ2v) is 6.94. The van der Waals surface area contributed by atoms with Crippen molar-refractivity contribution in [2.24, 2.45) is 0 Å². The molecule has 0 aliphatic heterocycles. The first kappa shape index (κ1) is 21.9. The van der Waals surface area contributed by atoms with Gasteiger partial charge in [0.05, 0.1) is 32.2 Å². The minimum absolute atomic E-state index is 0.0386. The van der Waals surface area contributed by atoms with E-state index in [1.807, 2.05) is 0 Å². The summed E-state index contributed by atoms with van der Waals surface area (Å²) in [4.78, 5) is 21.4. The van der Waals surface area contributed by atoms with Gasteiger partial charge < -0.3 is 4.90 Å². The molecule has 0 heterocycles. The third-order valence-electron chi connectivity index (χ3n) is 3.71. The lowest BCUT2D eigenvalue weighted by molar-refractivity contribution is -0.394. The number of nitrogens with zero attached hydrogens (tertiary/aromatic N) is 3. The summed E-state index contributed by atoms with van der Waals surface area (Å²) in [5.41, 5.74) is -4.24. The van der Waals surface area contributed by atoms with Crippen LogP contribution in [-0.2, 0) is 6.18 Å². The van der Waals surface area contributed by atoms with Crippen LogP contribution >= 0.6 is 27.5 Å². The van der Waals surface area contributed by atoms with Crippen LogP contribution in [0.15, 0.2) is 34.8 Å². The van der Waals surface area contributed by atoms with Crippen LogP contribution < -0.4 is 4.90 Å². The molecule has 150 valence electrons. The second kappa shape index (κ2) is 8.31. The molecule has 28 heavy (non-hydrogen) atoms. The lowest BCUT2D eigenvalue weighted by Crippen LogP contribution is -2.24. The lowest BCUT2D eigenvalue weighted by Gasteiger charge is -2.28. The largest absolute Gasteiger partial charge is 0.418 e. The monoisotopic (exact) mass is 481 g/mol.